The van der Waals surface area contributed by atoms with Crippen LogP contribution in [0.15, 0.2) is 12.3 Å². The van der Waals surface area contributed by atoms with Gasteiger partial charge in [0.1, 0.15) is 5.82 Å². The first-order valence-electron chi connectivity index (χ1n) is 5.79. The predicted molar refractivity (Wildman–Crippen MR) is 62.9 cm³/mol. The number of likely N-dealkylation sites (N-methyl/N-ethyl adjacent to an activating group) is 1. The zero-order chi connectivity index (χ0) is 11.5. The molecule has 0 aliphatic heterocycles. The van der Waals surface area contributed by atoms with Crippen molar-refractivity contribution in [2.75, 3.05) is 25.9 Å². The second-order valence-corrected chi connectivity index (χ2v) is 4.76. The third-order valence-corrected chi connectivity index (χ3v) is 3.15. The monoisotopic (exact) mass is 224 g/mol. The lowest BCUT2D eigenvalue weighted by Crippen LogP contribution is -2.38. The first kappa shape index (κ1) is 11.4. The van der Waals surface area contributed by atoms with Crippen molar-refractivity contribution in [3.05, 3.63) is 12.3 Å². The zero-order valence-corrected chi connectivity index (χ0v) is 9.71. The van der Waals surface area contributed by atoms with E-state index < -0.39 is 0 Å². The van der Waals surface area contributed by atoms with Crippen molar-refractivity contribution in [3.8, 4) is 0 Å². The van der Waals surface area contributed by atoms with E-state index in [2.05, 4.69) is 17.0 Å². The lowest BCUT2D eigenvalue weighted by molar-refractivity contribution is 0.0279. The van der Waals surface area contributed by atoms with Crippen LogP contribution >= 0.6 is 0 Å². The lowest BCUT2D eigenvalue weighted by atomic mass is 9.82. The van der Waals surface area contributed by atoms with Crippen LogP contribution in [0.25, 0.3) is 0 Å². The molecule has 16 heavy (non-hydrogen) atoms. The summed E-state index contributed by atoms with van der Waals surface area (Å²) in [5.74, 6) is 1.24. The van der Waals surface area contributed by atoms with Gasteiger partial charge < -0.3 is 15.7 Å². The fourth-order valence-electron chi connectivity index (χ4n) is 2.16. The van der Waals surface area contributed by atoms with E-state index in [0.717, 1.165) is 32.5 Å². The molecule has 5 heteroatoms. The number of aliphatic hydroxyl groups excluding tert-OH is 1. The molecule has 3 N–H and O–H groups in total. The zero-order valence-electron chi connectivity index (χ0n) is 9.71. The smallest absolute Gasteiger partial charge is 0.145 e. The highest BCUT2D eigenvalue weighted by Crippen LogP contribution is 2.27. The number of aliphatic hydroxyl groups is 1. The highest BCUT2D eigenvalue weighted by molar-refractivity contribution is 5.23. The van der Waals surface area contributed by atoms with Gasteiger partial charge in [-0.15, -0.1) is 0 Å². The second-order valence-electron chi connectivity index (χ2n) is 4.76. The summed E-state index contributed by atoms with van der Waals surface area (Å²) in [5.41, 5.74) is 5.54. The number of hydrogen-bond donors (Lipinski definition) is 2. The van der Waals surface area contributed by atoms with Crippen molar-refractivity contribution in [2.45, 2.75) is 25.5 Å². The molecule has 0 amide bonds. The summed E-state index contributed by atoms with van der Waals surface area (Å²) < 4.78 is 1.86. The van der Waals surface area contributed by atoms with Gasteiger partial charge in [0.2, 0.25) is 0 Å². The molecule has 0 atom stereocenters. The summed E-state index contributed by atoms with van der Waals surface area (Å²) >= 11 is 0. The Morgan fingerprint density at radius 1 is 1.62 bits per heavy atom. The van der Waals surface area contributed by atoms with Crippen LogP contribution in [0.5, 0.6) is 0 Å². The maximum atomic E-state index is 9.20. The third kappa shape index (κ3) is 2.96. The quantitative estimate of drug-likeness (QED) is 0.748. The molecule has 5 nitrogen and oxygen atoms in total. The van der Waals surface area contributed by atoms with Crippen molar-refractivity contribution in [3.63, 3.8) is 0 Å². The molecule has 0 radical (unpaired) electrons. The van der Waals surface area contributed by atoms with Crippen molar-refractivity contribution in [1.82, 2.24) is 14.7 Å². The normalized spacial score (nSPS) is 24.7. The highest BCUT2D eigenvalue weighted by Gasteiger charge is 2.27. The number of rotatable bonds is 5. The number of aromatic nitrogens is 2. The van der Waals surface area contributed by atoms with Crippen LogP contribution in [-0.4, -0.2) is 46.0 Å². The van der Waals surface area contributed by atoms with Gasteiger partial charge in [-0.3, -0.25) is 4.68 Å². The maximum absolute atomic E-state index is 9.20. The molecule has 0 bridgehead atoms. The van der Waals surface area contributed by atoms with Crippen molar-refractivity contribution in [1.29, 1.82) is 0 Å². The summed E-state index contributed by atoms with van der Waals surface area (Å²) in [5, 5.41) is 13.3. The fourth-order valence-corrected chi connectivity index (χ4v) is 2.16. The van der Waals surface area contributed by atoms with Crippen LogP contribution in [0.4, 0.5) is 5.82 Å². The Morgan fingerprint density at radius 2 is 2.38 bits per heavy atom. The predicted octanol–water partition coefficient (Wildman–Crippen LogP) is 0.168. The van der Waals surface area contributed by atoms with Crippen LogP contribution < -0.4 is 5.73 Å². The summed E-state index contributed by atoms with van der Waals surface area (Å²) in [4.78, 5) is 2.29. The number of nitrogens with two attached hydrogens (primary N) is 1. The van der Waals surface area contributed by atoms with Gasteiger partial charge in [0, 0.05) is 19.3 Å². The van der Waals surface area contributed by atoms with Crippen LogP contribution in [0.1, 0.15) is 12.8 Å². The molecular formula is C11H20N4O. The van der Waals surface area contributed by atoms with Gasteiger partial charge in [-0.2, -0.15) is 5.10 Å². The van der Waals surface area contributed by atoms with Gasteiger partial charge in [0.25, 0.3) is 0 Å². The lowest BCUT2D eigenvalue weighted by Gasteiger charge is -2.34. The molecule has 1 aromatic heterocycles. The molecule has 90 valence electrons. The van der Waals surface area contributed by atoms with E-state index in [4.69, 9.17) is 5.73 Å². The first-order valence-corrected chi connectivity index (χ1v) is 5.79. The van der Waals surface area contributed by atoms with Crippen molar-refractivity contribution < 1.29 is 5.11 Å². The minimum Gasteiger partial charge on any atom is -0.393 e. The van der Waals surface area contributed by atoms with E-state index in [9.17, 15) is 5.11 Å². The summed E-state index contributed by atoms with van der Waals surface area (Å²) in [6.45, 7) is 2.89. The van der Waals surface area contributed by atoms with E-state index in [1.54, 1.807) is 0 Å². The fraction of sp³-hybridized carbons (Fsp3) is 0.727. The Labute approximate surface area is 95.8 Å². The molecule has 1 saturated carbocycles. The standard InChI is InChI=1S/C11H20N4O/c1-14(8-9-6-10(16)7-9)4-5-15-3-2-11(12)13-15/h2-3,9-10,16H,4-8H2,1H3,(H2,12,13). The van der Waals surface area contributed by atoms with Gasteiger partial charge in [0.15, 0.2) is 0 Å². The maximum Gasteiger partial charge on any atom is 0.145 e. The topological polar surface area (TPSA) is 67.3 Å². The average Bonchev–Trinajstić information content (AvgIpc) is 2.59. The van der Waals surface area contributed by atoms with Crippen LogP contribution in [-0.2, 0) is 6.54 Å². The van der Waals surface area contributed by atoms with E-state index in [1.165, 1.54) is 0 Å². The molecule has 0 saturated heterocycles. The Hall–Kier alpha value is -1.07. The molecule has 1 aromatic rings. The molecule has 1 fully saturated rings. The number of hydrogen-bond acceptors (Lipinski definition) is 4. The van der Waals surface area contributed by atoms with Crippen molar-refractivity contribution in [2.24, 2.45) is 5.92 Å². The van der Waals surface area contributed by atoms with Crippen LogP contribution in [0.3, 0.4) is 0 Å². The molecule has 2 rings (SSSR count). The van der Waals surface area contributed by atoms with Crippen molar-refractivity contribution >= 4 is 5.82 Å². The Morgan fingerprint density at radius 3 is 2.94 bits per heavy atom. The van der Waals surface area contributed by atoms with E-state index in [1.807, 2.05) is 16.9 Å². The number of anilines is 1. The molecule has 1 aliphatic rings. The molecule has 1 aliphatic carbocycles. The summed E-state index contributed by atoms with van der Waals surface area (Å²) in [6, 6.07) is 1.81. The number of nitrogen functional groups attached to an aromatic ring is 1. The minimum atomic E-state index is -0.0516. The summed E-state index contributed by atoms with van der Waals surface area (Å²) in [6.07, 6.45) is 3.76. The van der Waals surface area contributed by atoms with E-state index >= 15 is 0 Å². The molecule has 0 aromatic carbocycles. The highest BCUT2D eigenvalue weighted by atomic mass is 16.3. The Bertz CT molecular complexity index is 332. The largest absolute Gasteiger partial charge is 0.393 e. The third-order valence-electron chi connectivity index (χ3n) is 3.15. The molecule has 0 spiro atoms. The second kappa shape index (κ2) is 4.84. The van der Waals surface area contributed by atoms with E-state index in [0.29, 0.717) is 11.7 Å². The minimum absolute atomic E-state index is 0.0516. The Kier molecular flexibility index (Phi) is 3.46. The Balaban J connectivity index is 1.65. The van der Waals surface area contributed by atoms with Gasteiger partial charge in [0.05, 0.1) is 12.6 Å². The van der Waals surface area contributed by atoms with Gasteiger partial charge >= 0.3 is 0 Å². The van der Waals surface area contributed by atoms with Crippen LogP contribution in [0, 0.1) is 5.92 Å². The molecule has 1 heterocycles. The van der Waals surface area contributed by atoms with Gasteiger partial charge in [-0.1, -0.05) is 0 Å². The SMILES string of the molecule is CN(CCn1ccc(N)n1)CC1CC(O)C1. The van der Waals surface area contributed by atoms with Crippen LogP contribution in [0.2, 0.25) is 0 Å². The van der Waals surface area contributed by atoms with E-state index in [-0.39, 0.29) is 6.10 Å². The summed E-state index contributed by atoms with van der Waals surface area (Å²) in [7, 11) is 2.11. The first-order chi connectivity index (χ1) is 7.63. The molecular weight excluding hydrogens is 204 g/mol. The van der Waals surface area contributed by atoms with Gasteiger partial charge in [-0.25, -0.2) is 0 Å². The molecule has 0 unspecified atom stereocenters. The average molecular weight is 224 g/mol. The number of nitrogens with zero attached hydrogens (tertiary/aromatic N) is 3. The van der Waals surface area contributed by atoms with Gasteiger partial charge in [-0.05, 0) is 31.9 Å².